The van der Waals surface area contributed by atoms with Crippen LogP contribution in [0.2, 0.25) is 5.28 Å². The largest absolute Gasteiger partial charge is 0.370 e. The van der Waals surface area contributed by atoms with E-state index in [-0.39, 0.29) is 0 Å². The number of aryl methyl sites for hydroxylation is 1. The van der Waals surface area contributed by atoms with Gasteiger partial charge in [0.2, 0.25) is 5.28 Å². The first-order valence-electron chi connectivity index (χ1n) is 5.70. The van der Waals surface area contributed by atoms with E-state index >= 15 is 0 Å². The van der Waals surface area contributed by atoms with Crippen molar-refractivity contribution in [1.29, 1.82) is 0 Å². The van der Waals surface area contributed by atoms with Crippen LogP contribution < -0.4 is 10.6 Å². The molecule has 1 aliphatic heterocycles. The summed E-state index contributed by atoms with van der Waals surface area (Å²) in [6, 6.07) is 1.92. The molecule has 0 aliphatic carbocycles. The van der Waals surface area contributed by atoms with E-state index in [1.54, 1.807) is 0 Å². The molecule has 0 saturated carbocycles. The summed E-state index contributed by atoms with van der Waals surface area (Å²) in [5.74, 6) is 1.51. The fourth-order valence-electron chi connectivity index (χ4n) is 1.97. The SMILES string of the molecule is Cc1cc(NC[C@H]2CCCNC2)nc(Cl)n1. The van der Waals surface area contributed by atoms with Crippen LogP contribution >= 0.6 is 11.6 Å². The Kier molecular flexibility index (Phi) is 3.96. The molecule has 4 nitrogen and oxygen atoms in total. The van der Waals surface area contributed by atoms with Crippen molar-refractivity contribution < 1.29 is 0 Å². The maximum absolute atomic E-state index is 5.80. The number of aromatic nitrogens is 2. The van der Waals surface area contributed by atoms with Gasteiger partial charge >= 0.3 is 0 Å². The van der Waals surface area contributed by atoms with Gasteiger partial charge in [0.1, 0.15) is 5.82 Å². The molecular formula is C11H17ClN4. The first-order valence-corrected chi connectivity index (χ1v) is 6.07. The summed E-state index contributed by atoms with van der Waals surface area (Å²) in [4.78, 5) is 8.17. The zero-order valence-electron chi connectivity index (χ0n) is 9.46. The van der Waals surface area contributed by atoms with Gasteiger partial charge in [-0.3, -0.25) is 0 Å². The Bertz CT molecular complexity index is 330. The lowest BCUT2D eigenvalue weighted by Crippen LogP contribution is -2.33. The molecule has 0 amide bonds. The van der Waals surface area contributed by atoms with Crippen molar-refractivity contribution in [3.05, 3.63) is 17.0 Å². The minimum Gasteiger partial charge on any atom is -0.370 e. The Labute approximate surface area is 101 Å². The summed E-state index contributed by atoms with van der Waals surface area (Å²) < 4.78 is 0. The predicted octanol–water partition coefficient (Wildman–Crippen LogP) is 1.85. The van der Waals surface area contributed by atoms with Crippen LogP contribution in [0.1, 0.15) is 18.5 Å². The van der Waals surface area contributed by atoms with E-state index in [0.29, 0.717) is 11.2 Å². The molecule has 2 heterocycles. The molecule has 1 saturated heterocycles. The molecule has 1 aliphatic rings. The van der Waals surface area contributed by atoms with Crippen LogP contribution in [-0.2, 0) is 0 Å². The van der Waals surface area contributed by atoms with Crippen LogP contribution in [0.3, 0.4) is 0 Å². The molecule has 1 aromatic heterocycles. The zero-order valence-corrected chi connectivity index (χ0v) is 10.2. The van der Waals surface area contributed by atoms with E-state index in [1.165, 1.54) is 12.8 Å². The number of hydrogen-bond donors (Lipinski definition) is 2. The van der Waals surface area contributed by atoms with E-state index in [1.807, 2.05) is 13.0 Å². The molecule has 2 rings (SSSR count). The van der Waals surface area contributed by atoms with Gasteiger partial charge < -0.3 is 10.6 Å². The molecular weight excluding hydrogens is 224 g/mol. The molecule has 0 spiro atoms. The van der Waals surface area contributed by atoms with Crippen molar-refractivity contribution in [2.24, 2.45) is 5.92 Å². The Hall–Kier alpha value is -0.870. The fourth-order valence-corrected chi connectivity index (χ4v) is 2.19. The quantitative estimate of drug-likeness (QED) is 0.792. The minimum absolute atomic E-state index is 0.310. The highest BCUT2D eigenvalue weighted by Crippen LogP contribution is 2.13. The van der Waals surface area contributed by atoms with Crippen LogP contribution in [0.4, 0.5) is 5.82 Å². The van der Waals surface area contributed by atoms with Crippen LogP contribution in [0.25, 0.3) is 0 Å². The van der Waals surface area contributed by atoms with Gasteiger partial charge in [0, 0.05) is 18.3 Å². The van der Waals surface area contributed by atoms with Crippen molar-refractivity contribution in [2.75, 3.05) is 25.0 Å². The normalized spacial score (nSPS) is 20.8. The van der Waals surface area contributed by atoms with E-state index in [4.69, 9.17) is 11.6 Å². The van der Waals surface area contributed by atoms with E-state index in [2.05, 4.69) is 20.6 Å². The van der Waals surface area contributed by atoms with Crippen molar-refractivity contribution in [3.63, 3.8) is 0 Å². The Balaban J connectivity index is 1.88. The smallest absolute Gasteiger partial charge is 0.224 e. The number of piperidine rings is 1. The zero-order chi connectivity index (χ0) is 11.4. The lowest BCUT2D eigenvalue weighted by molar-refractivity contribution is 0.392. The fraction of sp³-hybridized carbons (Fsp3) is 0.636. The molecule has 0 unspecified atom stereocenters. The molecule has 1 atom stereocenters. The van der Waals surface area contributed by atoms with Crippen molar-refractivity contribution in [3.8, 4) is 0 Å². The predicted molar refractivity (Wildman–Crippen MR) is 65.9 cm³/mol. The maximum Gasteiger partial charge on any atom is 0.224 e. The summed E-state index contributed by atoms with van der Waals surface area (Å²) in [6.45, 7) is 5.10. The summed E-state index contributed by atoms with van der Waals surface area (Å²) in [5, 5.41) is 7.03. The van der Waals surface area contributed by atoms with Crippen LogP contribution in [0.15, 0.2) is 6.07 Å². The van der Waals surface area contributed by atoms with Gasteiger partial charge in [-0.15, -0.1) is 0 Å². The molecule has 16 heavy (non-hydrogen) atoms. The van der Waals surface area contributed by atoms with Gasteiger partial charge in [0.15, 0.2) is 0 Å². The van der Waals surface area contributed by atoms with Gasteiger partial charge in [-0.1, -0.05) is 0 Å². The number of nitrogens with one attached hydrogen (secondary N) is 2. The highest BCUT2D eigenvalue weighted by Gasteiger charge is 2.12. The molecule has 5 heteroatoms. The number of nitrogens with zero attached hydrogens (tertiary/aromatic N) is 2. The summed E-state index contributed by atoms with van der Waals surface area (Å²) in [6.07, 6.45) is 2.54. The van der Waals surface area contributed by atoms with Crippen LogP contribution in [-0.4, -0.2) is 29.6 Å². The van der Waals surface area contributed by atoms with E-state index in [9.17, 15) is 0 Å². The van der Waals surface area contributed by atoms with Gasteiger partial charge in [-0.2, -0.15) is 0 Å². The average molecular weight is 241 g/mol. The van der Waals surface area contributed by atoms with Gasteiger partial charge in [-0.05, 0) is 50.4 Å². The summed E-state index contributed by atoms with van der Waals surface area (Å²) in [7, 11) is 0. The van der Waals surface area contributed by atoms with E-state index < -0.39 is 0 Å². The first kappa shape index (κ1) is 11.6. The lowest BCUT2D eigenvalue weighted by atomic mass is 10.00. The van der Waals surface area contributed by atoms with Crippen LogP contribution in [0, 0.1) is 12.8 Å². The number of hydrogen-bond acceptors (Lipinski definition) is 4. The second-order valence-electron chi connectivity index (χ2n) is 4.26. The number of anilines is 1. The molecule has 1 aromatic rings. The van der Waals surface area contributed by atoms with Crippen LogP contribution in [0.5, 0.6) is 0 Å². The molecule has 0 bridgehead atoms. The van der Waals surface area contributed by atoms with E-state index in [0.717, 1.165) is 31.1 Å². The molecule has 0 aromatic carbocycles. The standard InChI is InChI=1S/C11H17ClN4/c1-8-5-10(16-11(12)15-8)14-7-9-3-2-4-13-6-9/h5,9,13H,2-4,6-7H2,1H3,(H,14,15,16)/t9-/m0/s1. The molecule has 0 radical (unpaired) electrons. The number of halogens is 1. The van der Waals surface area contributed by atoms with Crippen molar-refractivity contribution >= 4 is 17.4 Å². The summed E-state index contributed by atoms with van der Waals surface area (Å²) >= 11 is 5.80. The monoisotopic (exact) mass is 240 g/mol. The third-order valence-electron chi connectivity index (χ3n) is 2.80. The minimum atomic E-state index is 0.310. The maximum atomic E-state index is 5.80. The van der Waals surface area contributed by atoms with Gasteiger partial charge in [0.05, 0.1) is 0 Å². The highest BCUT2D eigenvalue weighted by molar-refractivity contribution is 6.28. The van der Waals surface area contributed by atoms with Crippen molar-refractivity contribution in [1.82, 2.24) is 15.3 Å². The Morgan fingerprint density at radius 2 is 2.44 bits per heavy atom. The second kappa shape index (κ2) is 5.46. The molecule has 1 fully saturated rings. The summed E-state index contributed by atoms with van der Waals surface area (Å²) in [5.41, 5.74) is 0.893. The van der Waals surface area contributed by atoms with Gasteiger partial charge in [-0.25, -0.2) is 9.97 Å². The van der Waals surface area contributed by atoms with Gasteiger partial charge in [0.25, 0.3) is 0 Å². The highest BCUT2D eigenvalue weighted by atomic mass is 35.5. The lowest BCUT2D eigenvalue weighted by Gasteiger charge is -2.23. The topological polar surface area (TPSA) is 49.8 Å². The third-order valence-corrected chi connectivity index (χ3v) is 2.97. The first-order chi connectivity index (χ1) is 7.74. The third kappa shape index (κ3) is 3.32. The Morgan fingerprint density at radius 3 is 3.12 bits per heavy atom. The second-order valence-corrected chi connectivity index (χ2v) is 4.59. The number of rotatable bonds is 3. The van der Waals surface area contributed by atoms with Crippen molar-refractivity contribution in [2.45, 2.75) is 19.8 Å². The average Bonchev–Trinajstić information content (AvgIpc) is 2.27. The molecule has 2 N–H and O–H groups in total. The molecule has 88 valence electrons. The Morgan fingerprint density at radius 1 is 1.56 bits per heavy atom.